The largest absolute Gasteiger partial charge is 0.493 e. The fraction of sp³-hybridized carbons (Fsp3) is 0.219. The van der Waals surface area contributed by atoms with Gasteiger partial charge in [-0.3, -0.25) is 4.79 Å². The minimum atomic E-state index is -5.37. The molecule has 0 bridgehead atoms. The quantitative estimate of drug-likeness (QED) is 0.180. The number of para-hydroxylation sites is 2. The molecule has 0 atom stereocenters. The lowest BCUT2D eigenvalue weighted by Gasteiger charge is -2.31. The number of hydrogen-bond donors (Lipinski definition) is 2. The molecule has 0 unspecified atom stereocenters. The van der Waals surface area contributed by atoms with E-state index in [1.165, 1.54) is 42.5 Å². The van der Waals surface area contributed by atoms with Crippen LogP contribution in [0.4, 0.5) is 49.9 Å². The zero-order valence-corrected chi connectivity index (χ0v) is 25.7. The van der Waals surface area contributed by atoms with Crippen molar-refractivity contribution in [2.45, 2.75) is 19.6 Å². The van der Waals surface area contributed by atoms with E-state index in [0.29, 0.717) is 29.8 Å². The number of benzene rings is 3. The van der Waals surface area contributed by atoms with Gasteiger partial charge in [0.05, 0.1) is 17.9 Å². The second-order valence-corrected chi connectivity index (χ2v) is 10.8. The summed E-state index contributed by atoms with van der Waals surface area (Å²) >= 11 is 0. The Labute approximate surface area is 270 Å². The van der Waals surface area contributed by atoms with Crippen LogP contribution in [0.5, 0.6) is 0 Å². The average molecular weight is 670 g/mol. The van der Waals surface area contributed by atoms with Gasteiger partial charge in [-0.05, 0) is 63.0 Å². The van der Waals surface area contributed by atoms with E-state index in [4.69, 9.17) is 0 Å². The zero-order chi connectivity index (χ0) is 34.7. The van der Waals surface area contributed by atoms with Crippen molar-refractivity contribution in [1.82, 2.24) is 20.2 Å². The lowest BCUT2D eigenvalue weighted by Crippen LogP contribution is -2.43. The van der Waals surface area contributed by atoms with Crippen LogP contribution >= 0.6 is 0 Å². The fourth-order valence-electron chi connectivity index (χ4n) is 4.85. The van der Waals surface area contributed by atoms with Gasteiger partial charge in [0.25, 0.3) is 5.91 Å². The number of fused-ring (bicyclic) bond motifs is 1. The number of nitrogens with zero attached hydrogens (tertiary/aromatic N) is 5. The summed E-state index contributed by atoms with van der Waals surface area (Å²) in [6.07, 6.45) is -5.37. The predicted molar refractivity (Wildman–Crippen MR) is 165 cm³/mol. The summed E-state index contributed by atoms with van der Waals surface area (Å²) in [5, 5.41) is 5.89. The number of alkyl halides is 3. The Hall–Kier alpha value is -5.64. The van der Waals surface area contributed by atoms with E-state index in [1.54, 1.807) is 13.0 Å². The third-order valence-electron chi connectivity index (χ3n) is 7.13. The first-order valence-corrected chi connectivity index (χ1v) is 14.4. The van der Waals surface area contributed by atoms with Crippen molar-refractivity contribution in [3.63, 3.8) is 0 Å². The Morgan fingerprint density at radius 3 is 2.31 bits per heavy atom. The molecule has 2 heterocycles. The molecule has 1 aliphatic rings. The number of rotatable bonds is 8. The first kappa shape index (κ1) is 33.7. The number of aromatic nitrogens is 2. The third-order valence-corrected chi connectivity index (χ3v) is 7.13. The summed E-state index contributed by atoms with van der Waals surface area (Å²) in [5.74, 6) is -5.72. The highest BCUT2D eigenvalue weighted by atomic mass is 19.4. The lowest BCUT2D eigenvalue weighted by molar-refractivity contribution is -0.199. The second-order valence-electron chi connectivity index (χ2n) is 10.8. The number of halogens is 5. The maximum Gasteiger partial charge on any atom is 0.493 e. The summed E-state index contributed by atoms with van der Waals surface area (Å²) in [6.45, 7) is 2.41. The monoisotopic (exact) mass is 669 g/mol. The van der Waals surface area contributed by atoms with E-state index in [1.807, 2.05) is 19.0 Å². The molecular weight excluding hydrogens is 641 g/mol. The maximum absolute atomic E-state index is 15.0. The molecule has 11 nitrogen and oxygen atoms in total. The molecule has 0 radical (unpaired) electrons. The van der Waals surface area contributed by atoms with Crippen LogP contribution in [0, 0.1) is 18.6 Å². The highest BCUT2D eigenvalue weighted by Crippen LogP contribution is 2.39. The van der Waals surface area contributed by atoms with Gasteiger partial charge in [-0.25, -0.2) is 28.3 Å². The van der Waals surface area contributed by atoms with Gasteiger partial charge in [-0.1, -0.05) is 30.3 Å². The molecule has 4 aromatic rings. The molecule has 250 valence electrons. The lowest BCUT2D eigenvalue weighted by atomic mass is 9.97. The van der Waals surface area contributed by atoms with E-state index in [2.05, 4.69) is 25.4 Å². The van der Waals surface area contributed by atoms with Gasteiger partial charge in [-0.2, -0.15) is 18.2 Å². The van der Waals surface area contributed by atoms with Crippen molar-refractivity contribution in [3.8, 4) is 11.3 Å². The van der Waals surface area contributed by atoms with Gasteiger partial charge < -0.3 is 20.4 Å². The molecule has 1 aromatic heterocycles. The van der Waals surface area contributed by atoms with E-state index in [9.17, 15) is 36.3 Å². The number of anilines is 4. The Morgan fingerprint density at radius 2 is 1.69 bits per heavy atom. The molecular formula is C32H28F5N7O4. The van der Waals surface area contributed by atoms with E-state index >= 15 is 0 Å². The molecule has 0 saturated carbocycles. The Balaban J connectivity index is 1.60. The highest BCUT2D eigenvalue weighted by molar-refractivity contribution is 6.06. The number of hydrogen-bond acceptors (Lipinski definition) is 8. The van der Waals surface area contributed by atoms with Crippen LogP contribution in [0.15, 0.2) is 66.7 Å². The molecule has 3 amide bonds. The van der Waals surface area contributed by atoms with Crippen molar-refractivity contribution < 1.29 is 41.2 Å². The van der Waals surface area contributed by atoms with Crippen molar-refractivity contribution in [3.05, 3.63) is 95.1 Å². The number of hydroxylamine groups is 1. The first-order chi connectivity index (χ1) is 22.8. The maximum atomic E-state index is 15.0. The minimum absolute atomic E-state index is 0.0379. The summed E-state index contributed by atoms with van der Waals surface area (Å²) in [6, 6.07) is 13.5. The van der Waals surface area contributed by atoms with Crippen molar-refractivity contribution >= 4 is 41.0 Å². The van der Waals surface area contributed by atoms with Crippen LogP contribution in [0.25, 0.3) is 11.3 Å². The SMILES string of the molecule is Cc1cc(C(=O)N(OC(=O)C(F)(F)F)c2ccccc2)ccc1-c1nc(NCCN(C)C)nc2c1CNC(=O)N2c1c(F)cccc1F. The normalized spacial score (nSPS) is 12.8. The van der Waals surface area contributed by atoms with Gasteiger partial charge in [0.2, 0.25) is 5.95 Å². The van der Waals surface area contributed by atoms with Crippen molar-refractivity contribution in [2.75, 3.05) is 42.5 Å². The van der Waals surface area contributed by atoms with Gasteiger partial charge in [0, 0.05) is 29.8 Å². The topological polar surface area (TPSA) is 120 Å². The number of aryl methyl sites for hydroxylation is 1. The van der Waals surface area contributed by atoms with Gasteiger partial charge in [-0.15, -0.1) is 5.06 Å². The van der Waals surface area contributed by atoms with Crippen LogP contribution < -0.4 is 20.6 Å². The van der Waals surface area contributed by atoms with Gasteiger partial charge in [0.1, 0.15) is 17.3 Å². The fourth-order valence-corrected chi connectivity index (χ4v) is 4.85. The Bertz CT molecular complexity index is 1850. The number of carbonyl (C=O) groups excluding carboxylic acids is 3. The van der Waals surface area contributed by atoms with E-state index in [-0.39, 0.29) is 40.3 Å². The zero-order valence-electron chi connectivity index (χ0n) is 25.7. The summed E-state index contributed by atoms with van der Waals surface area (Å²) < 4.78 is 69.2. The van der Waals surface area contributed by atoms with Crippen molar-refractivity contribution in [2.24, 2.45) is 0 Å². The number of urea groups is 1. The highest BCUT2D eigenvalue weighted by Gasteiger charge is 2.44. The number of likely N-dealkylation sites (N-methyl/N-ethyl adjacent to an activating group) is 1. The first-order valence-electron chi connectivity index (χ1n) is 14.4. The minimum Gasteiger partial charge on any atom is -0.353 e. The Morgan fingerprint density at radius 1 is 1.00 bits per heavy atom. The molecule has 0 saturated heterocycles. The molecule has 2 N–H and O–H groups in total. The molecule has 0 aliphatic carbocycles. The molecule has 3 aromatic carbocycles. The summed E-state index contributed by atoms with van der Waals surface area (Å²) in [4.78, 5) is 54.5. The van der Waals surface area contributed by atoms with Crippen LogP contribution in [0.1, 0.15) is 21.5 Å². The van der Waals surface area contributed by atoms with E-state index in [0.717, 1.165) is 23.1 Å². The Kier molecular flexibility index (Phi) is 9.56. The number of nitrogens with one attached hydrogen (secondary N) is 2. The smallest absolute Gasteiger partial charge is 0.353 e. The van der Waals surface area contributed by atoms with Crippen LogP contribution in [-0.4, -0.2) is 66.1 Å². The van der Waals surface area contributed by atoms with Gasteiger partial charge in [0.15, 0.2) is 5.82 Å². The standard InChI is InChI=1S/C32H28F5N7O4/c1-18-16-19(28(45)44(20-8-5-4-6-9-20)48-29(46)32(35,36)37)12-13-21(18)25-22-17-39-31(47)43(26-23(33)10-7-11-24(26)34)27(22)41-30(40-25)38-14-15-42(2)3/h4-13,16H,14-15,17H2,1-3H3,(H,39,47)(H,38,40,41). The third kappa shape index (κ3) is 7.02. The summed E-state index contributed by atoms with van der Waals surface area (Å²) in [5.41, 5.74) is 0.437. The molecule has 0 spiro atoms. The molecule has 5 rings (SSSR count). The molecule has 0 fully saturated rings. The van der Waals surface area contributed by atoms with Crippen LogP contribution in [-0.2, 0) is 16.2 Å². The van der Waals surface area contributed by atoms with Crippen LogP contribution in [0.3, 0.4) is 0 Å². The second kappa shape index (κ2) is 13.6. The number of carbonyl (C=O) groups is 3. The molecule has 16 heteroatoms. The molecule has 1 aliphatic heterocycles. The van der Waals surface area contributed by atoms with Gasteiger partial charge >= 0.3 is 18.2 Å². The van der Waals surface area contributed by atoms with Crippen LogP contribution in [0.2, 0.25) is 0 Å². The predicted octanol–water partition coefficient (Wildman–Crippen LogP) is 5.73. The van der Waals surface area contributed by atoms with Crippen molar-refractivity contribution in [1.29, 1.82) is 0 Å². The van der Waals surface area contributed by atoms with E-state index < -0.39 is 41.4 Å². The number of amides is 3. The molecule has 48 heavy (non-hydrogen) atoms. The summed E-state index contributed by atoms with van der Waals surface area (Å²) in [7, 11) is 3.70. The average Bonchev–Trinajstić information content (AvgIpc) is 3.03.